The van der Waals surface area contributed by atoms with Crippen LogP contribution in [0.2, 0.25) is 0 Å². The summed E-state index contributed by atoms with van der Waals surface area (Å²) >= 11 is 0. The van der Waals surface area contributed by atoms with Gasteiger partial charge in [-0.1, -0.05) is 30.4 Å². The zero-order valence-electron chi connectivity index (χ0n) is 6.06. The lowest BCUT2D eigenvalue weighted by Gasteiger charge is -1.90. The summed E-state index contributed by atoms with van der Waals surface area (Å²) in [6.45, 7) is 9.40. The molecule has 0 N–H and O–H groups in total. The molecule has 0 saturated heterocycles. The van der Waals surface area contributed by atoms with Crippen molar-refractivity contribution in [3.8, 4) is 0 Å². The van der Waals surface area contributed by atoms with Gasteiger partial charge in [-0.2, -0.15) is 0 Å². The second kappa shape index (κ2) is 5.36. The molecule has 0 aromatic rings. The molecule has 0 aromatic heterocycles. The van der Waals surface area contributed by atoms with Crippen LogP contribution in [0.15, 0.2) is 37.0 Å². The van der Waals surface area contributed by atoms with Crippen molar-refractivity contribution in [2.75, 3.05) is 0 Å². The van der Waals surface area contributed by atoms with Crippen molar-refractivity contribution in [2.24, 2.45) is 0 Å². The third-order valence-electron chi connectivity index (χ3n) is 1.01. The van der Waals surface area contributed by atoms with E-state index in [9.17, 15) is 0 Å². The Labute approximate surface area is 57.6 Å². The van der Waals surface area contributed by atoms with Crippen LogP contribution in [0.4, 0.5) is 0 Å². The van der Waals surface area contributed by atoms with Crippen LogP contribution in [-0.4, -0.2) is 0 Å². The van der Waals surface area contributed by atoms with Gasteiger partial charge >= 0.3 is 0 Å². The van der Waals surface area contributed by atoms with Crippen molar-refractivity contribution < 1.29 is 0 Å². The highest BCUT2D eigenvalue weighted by molar-refractivity contribution is 4.99. The predicted molar refractivity (Wildman–Crippen MR) is 43.4 cm³/mol. The van der Waals surface area contributed by atoms with Crippen LogP contribution in [0.25, 0.3) is 0 Å². The first-order valence-corrected chi connectivity index (χ1v) is 3.19. The average molecular weight is 122 g/mol. The molecule has 0 rings (SSSR count). The van der Waals surface area contributed by atoms with Gasteiger partial charge in [0.15, 0.2) is 0 Å². The summed E-state index contributed by atoms with van der Waals surface area (Å²) in [7, 11) is 0. The zero-order valence-corrected chi connectivity index (χ0v) is 6.06. The van der Waals surface area contributed by atoms with Crippen LogP contribution in [0.5, 0.6) is 0 Å². The lowest BCUT2D eigenvalue weighted by Crippen LogP contribution is -1.69. The van der Waals surface area contributed by atoms with Gasteiger partial charge < -0.3 is 0 Å². The van der Waals surface area contributed by atoms with E-state index in [4.69, 9.17) is 0 Å². The van der Waals surface area contributed by atoms with E-state index < -0.39 is 0 Å². The van der Waals surface area contributed by atoms with E-state index >= 15 is 0 Å². The Morgan fingerprint density at radius 3 is 2.67 bits per heavy atom. The maximum Gasteiger partial charge on any atom is -0.0291 e. The van der Waals surface area contributed by atoms with Crippen LogP contribution >= 0.6 is 0 Å². The number of hydrogen-bond donors (Lipinski definition) is 0. The first-order valence-electron chi connectivity index (χ1n) is 3.19. The predicted octanol–water partition coefficient (Wildman–Crippen LogP) is 3.08. The van der Waals surface area contributed by atoms with E-state index in [0.29, 0.717) is 0 Å². The van der Waals surface area contributed by atoms with Crippen molar-refractivity contribution in [2.45, 2.75) is 19.8 Å². The van der Waals surface area contributed by atoms with E-state index in [1.807, 2.05) is 13.0 Å². The Hall–Kier alpha value is -0.780. The van der Waals surface area contributed by atoms with Gasteiger partial charge in [0.05, 0.1) is 0 Å². The Kier molecular flexibility index (Phi) is 4.89. The average Bonchev–Trinajstić information content (AvgIpc) is 1.80. The quantitative estimate of drug-likeness (QED) is 0.397. The minimum absolute atomic E-state index is 1.08. The standard InChI is InChI=1S/C9H14/c1-4-5-6-7-8-9(2)3/h4-6H,1-2,7-8H2,3H3. The molecule has 0 aliphatic heterocycles. The molecular formula is C9H14. The number of rotatable bonds is 4. The highest BCUT2D eigenvalue weighted by Gasteiger charge is 1.79. The second-order valence-electron chi connectivity index (χ2n) is 2.16. The first-order chi connectivity index (χ1) is 4.27. The molecule has 0 fully saturated rings. The molecule has 0 radical (unpaired) electrons. The van der Waals surface area contributed by atoms with Crippen LogP contribution in [-0.2, 0) is 0 Å². The van der Waals surface area contributed by atoms with Crippen molar-refractivity contribution in [1.29, 1.82) is 0 Å². The molecular weight excluding hydrogens is 108 g/mol. The Morgan fingerprint density at radius 1 is 1.56 bits per heavy atom. The largest absolute Gasteiger partial charge is 0.100 e. The molecule has 0 saturated carbocycles. The molecule has 9 heavy (non-hydrogen) atoms. The van der Waals surface area contributed by atoms with Crippen molar-refractivity contribution in [1.82, 2.24) is 0 Å². The van der Waals surface area contributed by atoms with Gasteiger partial charge in [0.25, 0.3) is 0 Å². The molecule has 0 atom stereocenters. The maximum atomic E-state index is 3.79. The Morgan fingerprint density at radius 2 is 2.22 bits per heavy atom. The normalized spacial score (nSPS) is 9.89. The molecule has 50 valence electrons. The van der Waals surface area contributed by atoms with Crippen LogP contribution < -0.4 is 0 Å². The molecule has 0 amide bonds. The first kappa shape index (κ1) is 8.22. The van der Waals surface area contributed by atoms with Gasteiger partial charge in [-0.25, -0.2) is 0 Å². The molecule has 0 unspecified atom stereocenters. The van der Waals surface area contributed by atoms with E-state index in [0.717, 1.165) is 12.8 Å². The van der Waals surface area contributed by atoms with Gasteiger partial charge in [-0.3, -0.25) is 0 Å². The van der Waals surface area contributed by atoms with E-state index in [2.05, 4.69) is 19.2 Å². The monoisotopic (exact) mass is 122 g/mol. The fraction of sp³-hybridized carbons (Fsp3) is 0.333. The van der Waals surface area contributed by atoms with Crippen LogP contribution in [0.1, 0.15) is 19.8 Å². The van der Waals surface area contributed by atoms with Crippen LogP contribution in [0, 0.1) is 0 Å². The Bertz CT molecular complexity index is 118. The van der Waals surface area contributed by atoms with Crippen molar-refractivity contribution >= 4 is 0 Å². The van der Waals surface area contributed by atoms with Crippen LogP contribution in [0.3, 0.4) is 0 Å². The van der Waals surface area contributed by atoms with Gasteiger partial charge in [-0.05, 0) is 19.8 Å². The van der Waals surface area contributed by atoms with Gasteiger partial charge in [0.2, 0.25) is 0 Å². The van der Waals surface area contributed by atoms with Gasteiger partial charge in [-0.15, -0.1) is 6.58 Å². The smallest absolute Gasteiger partial charge is 0.0291 e. The third-order valence-corrected chi connectivity index (χ3v) is 1.01. The molecule has 0 bridgehead atoms. The summed E-state index contributed by atoms with van der Waals surface area (Å²) in [6.07, 6.45) is 8.02. The highest BCUT2D eigenvalue weighted by Crippen LogP contribution is 2.00. The van der Waals surface area contributed by atoms with Crippen molar-refractivity contribution in [3.63, 3.8) is 0 Å². The van der Waals surface area contributed by atoms with E-state index in [-0.39, 0.29) is 0 Å². The molecule has 0 heteroatoms. The summed E-state index contributed by atoms with van der Waals surface area (Å²) in [5.74, 6) is 0. The summed E-state index contributed by atoms with van der Waals surface area (Å²) < 4.78 is 0. The maximum absolute atomic E-state index is 3.79. The van der Waals surface area contributed by atoms with E-state index in [1.165, 1.54) is 5.57 Å². The highest BCUT2D eigenvalue weighted by atomic mass is 13.9. The summed E-state index contributed by atoms with van der Waals surface area (Å²) in [5, 5.41) is 0. The molecule has 0 spiro atoms. The summed E-state index contributed by atoms with van der Waals surface area (Å²) in [5.41, 5.74) is 1.24. The lowest BCUT2D eigenvalue weighted by molar-refractivity contribution is 0.984. The Balaban J connectivity index is 3.19. The fourth-order valence-corrected chi connectivity index (χ4v) is 0.522. The SMILES string of the molecule is C=CC=CCCC(=C)C. The minimum atomic E-state index is 1.08. The molecule has 0 heterocycles. The number of hydrogen-bond acceptors (Lipinski definition) is 0. The summed E-state index contributed by atoms with van der Waals surface area (Å²) in [6, 6.07) is 0. The topological polar surface area (TPSA) is 0 Å². The summed E-state index contributed by atoms with van der Waals surface area (Å²) in [4.78, 5) is 0. The zero-order chi connectivity index (χ0) is 7.11. The number of allylic oxidation sites excluding steroid dienone is 4. The second-order valence-corrected chi connectivity index (χ2v) is 2.16. The molecule has 0 nitrogen and oxygen atoms in total. The lowest BCUT2D eigenvalue weighted by atomic mass is 10.2. The van der Waals surface area contributed by atoms with Gasteiger partial charge in [0, 0.05) is 0 Å². The van der Waals surface area contributed by atoms with Gasteiger partial charge in [0.1, 0.15) is 0 Å². The fourth-order valence-electron chi connectivity index (χ4n) is 0.522. The molecule has 0 aliphatic rings. The van der Waals surface area contributed by atoms with E-state index in [1.54, 1.807) is 6.08 Å². The molecule has 0 aromatic carbocycles. The third kappa shape index (κ3) is 7.22. The van der Waals surface area contributed by atoms with Crippen molar-refractivity contribution in [3.05, 3.63) is 37.0 Å². The molecule has 0 aliphatic carbocycles. The minimum Gasteiger partial charge on any atom is -0.100 e.